The number of carbonyl (C=O) groups excluding carboxylic acids is 1. The van der Waals surface area contributed by atoms with Crippen LogP contribution >= 0.6 is 27.3 Å². The number of benzene rings is 1. The molecule has 1 aromatic heterocycles. The molecule has 3 N–H and O–H groups in total. The molecule has 0 radical (unpaired) electrons. The highest BCUT2D eigenvalue weighted by Gasteiger charge is 2.15. The van der Waals surface area contributed by atoms with Crippen LogP contribution in [0.1, 0.15) is 20.8 Å². The van der Waals surface area contributed by atoms with Gasteiger partial charge in [-0.15, -0.1) is 11.3 Å². The molecule has 2 aromatic rings. The van der Waals surface area contributed by atoms with Crippen molar-refractivity contribution < 1.29 is 4.79 Å². The van der Waals surface area contributed by atoms with Gasteiger partial charge in [0.15, 0.2) is 0 Å². The Morgan fingerprint density at radius 1 is 1.45 bits per heavy atom. The molecular formula is C14H16BrN3OS. The summed E-state index contributed by atoms with van der Waals surface area (Å²) in [5, 5.41) is 2.01. The number of amides is 1. The molecule has 0 atom stereocenters. The van der Waals surface area contributed by atoms with Gasteiger partial charge in [-0.05, 0) is 52.7 Å². The van der Waals surface area contributed by atoms with Gasteiger partial charge in [-0.3, -0.25) is 10.6 Å². The molecule has 20 heavy (non-hydrogen) atoms. The Kier molecular flexibility index (Phi) is 4.80. The van der Waals surface area contributed by atoms with Crippen molar-refractivity contribution in [2.75, 3.05) is 12.5 Å². The summed E-state index contributed by atoms with van der Waals surface area (Å²) in [5.74, 6) is 5.37. The second-order valence-electron chi connectivity index (χ2n) is 4.57. The molecule has 0 aliphatic heterocycles. The summed E-state index contributed by atoms with van der Waals surface area (Å²) in [5.41, 5.74) is 4.98. The van der Waals surface area contributed by atoms with Gasteiger partial charge in [0.2, 0.25) is 0 Å². The minimum atomic E-state index is 0.00981. The summed E-state index contributed by atoms with van der Waals surface area (Å²) < 4.78 is 1.05. The number of hydrazine groups is 1. The quantitative estimate of drug-likeness (QED) is 0.654. The lowest BCUT2D eigenvalue weighted by Gasteiger charge is -2.18. The number of thiophene rings is 1. The van der Waals surface area contributed by atoms with E-state index in [4.69, 9.17) is 5.84 Å². The molecule has 0 saturated heterocycles. The van der Waals surface area contributed by atoms with Crippen molar-refractivity contribution in [3.8, 4) is 0 Å². The molecule has 0 aliphatic rings. The first-order valence-electron chi connectivity index (χ1n) is 6.07. The van der Waals surface area contributed by atoms with E-state index in [-0.39, 0.29) is 5.91 Å². The molecule has 0 spiro atoms. The molecule has 0 unspecified atom stereocenters. The summed E-state index contributed by atoms with van der Waals surface area (Å²) in [6.07, 6.45) is 0. The third kappa shape index (κ3) is 3.39. The number of nitrogens with two attached hydrogens (primary N) is 1. The van der Waals surface area contributed by atoms with Crippen LogP contribution in [0.4, 0.5) is 5.69 Å². The minimum absolute atomic E-state index is 0.00981. The van der Waals surface area contributed by atoms with Gasteiger partial charge in [-0.2, -0.15) is 0 Å². The summed E-state index contributed by atoms with van der Waals surface area (Å²) in [4.78, 5) is 15.3. The maximum absolute atomic E-state index is 12.4. The van der Waals surface area contributed by atoms with Gasteiger partial charge in [-0.1, -0.05) is 0 Å². The molecule has 106 valence electrons. The maximum Gasteiger partial charge on any atom is 0.254 e. The van der Waals surface area contributed by atoms with Crippen LogP contribution in [0.3, 0.4) is 0 Å². The standard InChI is InChI=1S/C14H16BrN3OS/c1-9-5-11(17-16)3-4-13(9)14(19)18(2)7-12-6-10(15)8-20-12/h3-6,8,17H,7,16H2,1-2H3. The van der Waals surface area contributed by atoms with Crippen molar-refractivity contribution in [1.82, 2.24) is 4.90 Å². The zero-order valence-corrected chi connectivity index (χ0v) is 13.7. The second-order valence-corrected chi connectivity index (χ2v) is 6.48. The lowest BCUT2D eigenvalue weighted by molar-refractivity contribution is 0.0786. The average molecular weight is 354 g/mol. The number of carbonyl (C=O) groups is 1. The van der Waals surface area contributed by atoms with E-state index in [2.05, 4.69) is 21.4 Å². The lowest BCUT2D eigenvalue weighted by Crippen LogP contribution is -2.26. The fourth-order valence-corrected chi connectivity index (χ4v) is 3.44. The van der Waals surface area contributed by atoms with Crippen molar-refractivity contribution in [2.24, 2.45) is 5.84 Å². The third-order valence-electron chi connectivity index (χ3n) is 2.98. The smallest absolute Gasteiger partial charge is 0.254 e. The van der Waals surface area contributed by atoms with E-state index < -0.39 is 0 Å². The number of anilines is 1. The van der Waals surface area contributed by atoms with Gasteiger partial charge in [0.05, 0.1) is 6.54 Å². The highest BCUT2D eigenvalue weighted by molar-refractivity contribution is 9.10. The van der Waals surface area contributed by atoms with Gasteiger partial charge in [0, 0.05) is 33.0 Å². The van der Waals surface area contributed by atoms with Crippen molar-refractivity contribution in [2.45, 2.75) is 13.5 Å². The fourth-order valence-electron chi connectivity index (χ4n) is 1.94. The first-order valence-corrected chi connectivity index (χ1v) is 7.74. The molecule has 2 rings (SSSR count). The van der Waals surface area contributed by atoms with E-state index in [9.17, 15) is 4.79 Å². The minimum Gasteiger partial charge on any atom is -0.337 e. The van der Waals surface area contributed by atoms with E-state index in [1.54, 1.807) is 28.4 Å². The zero-order valence-electron chi connectivity index (χ0n) is 11.3. The summed E-state index contributed by atoms with van der Waals surface area (Å²) in [6.45, 7) is 2.51. The van der Waals surface area contributed by atoms with Crippen LogP contribution in [0.5, 0.6) is 0 Å². The Morgan fingerprint density at radius 2 is 2.20 bits per heavy atom. The van der Waals surface area contributed by atoms with Crippen LogP contribution in [-0.4, -0.2) is 17.9 Å². The van der Waals surface area contributed by atoms with Gasteiger partial charge in [0.1, 0.15) is 0 Å². The Labute approximate surface area is 130 Å². The molecule has 0 aliphatic carbocycles. The van der Waals surface area contributed by atoms with E-state index >= 15 is 0 Å². The number of aryl methyl sites for hydroxylation is 1. The molecule has 1 aromatic carbocycles. The van der Waals surface area contributed by atoms with Crippen molar-refractivity contribution in [1.29, 1.82) is 0 Å². The summed E-state index contributed by atoms with van der Waals surface area (Å²) >= 11 is 5.05. The molecule has 4 nitrogen and oxygen atoms in total. The Balaban J connectivity index is 2.14. The number of halogens is 1. The largest absolute Gasteiger partial charge is 0.337 e. The number of nitrogens with zero attached hydrogens (tertiary/aromatic N) is 1. The number of nitrogens with one attached hydrogen (secondary N) is 1. The number of hydrogen-bond acceptors (Lipinski definition) is 4. The molecule has 0 bridgehead atoms. The SMILES string of the molecule is Cc1cc(NN)ccc1C(=O)N(C)Cc1cc(Br)cs1. The van der Waals surface area contributed by atoms with E-state index in [0.717, 1.165) is 20.6 Å². The third-order valence-corrected chi connectivity index (χ3v) is 4.67. The van der Waals surface area contributed by atoms with Crippen molar-refractivity contribution >= 4 is 38.9 Å². The van der Waals surface area contributed by atoms with Crippen LogP contribution < -0.4 is 11.3 Å². The lowest BCUT2D eigenvalue weighted by atomic mass is 10.1. The highest BCUT2D eigenvalue weighted by atomic mass is 79.9. The first-order chi connectivity index (χ1) is 9.51. The van der Waals surface area contributed by atoms with Crippen molar-refractivity contribution in [3.05, 3.63) is 50.1 Å². The van der Waals surface area contributed by atoms with Crippen LogP contribution in [0.25, 0.3) is 0 Å². The Hall–Kier alpha value is -1.37. The second kappa shape index (κ2) is 6.39. The molecule has 1 amide bonds. The summed E-state index contributed by atoms with van der Waals surface area (Å²) in [6, 6.07) is 7.50. The van der Waals surface area contributed by atoms with Gasteiger partial charge >= 0.3 is 0 Å². The molecular weight excluding hydrogens is 338 g/mol. The van der Waals surface area contributed by atoms with E-state index in [0.29, 0.717) is 12.1 Å². The number of hydrogen-bond donors (Lipinski definition) is 2. The predicted octanol–water partition coefficient (Wildman–Crippen LogP) is 3.38. The van der Waals surface area contributed by atoms with Crippen LogP contribution in [0, 0.1) is 6.92 Å². The molecule has 0 saturated carbocycles. The Bertz CT molecular complexity index is 627. The maximum atomic E-state index is 12.4. The summed E-state index contributed by atoms with van der Waals surface area (Å²) in [7, 11) is 1.81. The fraction of sp³-hybridized carbons (Fsp3) is 0.214. The first kappa shape index (κ1) is 15.0. The number of nitrogen functional groups attached to an aromatic ring is 1. The van der Waals surface area contributed by atoms with Crippen LogP contribution in [-0.2, 0) is 6.54 Å². The van der Waals surface area contributed by atoms with E-state index in [1.165, 1.54) is 0 Å². The topological polar surface area (TPSA) is 58.4 Å². The predicted molar refractivity (Wildman–Crippen MR) is 86.8 cm³/mol. The zero-order chi connectivity index (χ0) is 14.7. The van der Waals surface area contributed by atoms with Crippen LogP contribution in [0.15, 0.2) is 34.1 Å². The number of rotatable bonds is 4. The van der Waals surface area contributed by atoms with Gasteiger partial charge in [0.25, 0.3) is 5.91 Å². The highest BCUT2D eigenvalue weighted by Crippen LogP contribution is 2.22. The Morgan fingerprint density at radius 3 is 2.75 bits per heavy atom. The molecule has 0 fully saturated rings. The monoisotopic (exact) mass is 353 g/mol. The average Bonchev–Trinajstić information content (AvgIpc) is 2.83. The van der Waals surface area contributed by atoms with Crippen LogP contribution in [0.2, 0.25) is 0 Å². The van der Waals surface area contributed by atoms with Crippen molar-refractivity contribution in [3.63, 3.8) is 0 Å². The van der Waals surface area contributed by atoms with Gasteiger partial charge < -0.3 is 10.3 Å². The molecule has 1 heterocycles. The van der Waals surface area contributed by atoms with E-state index in [1.807, 2.05) is 31.5 Å². The molecule has 6 heteroatoms. The van der Waals surface area contributed by atoms with Gasteiger partial charge in [-0.25, -0.2) is 0 Å². The normalized spacial score (nSPS) is 10.4.